The van der Waals surface area contributed by atoms with Gasteiger partial charge in [0.05, 0.1) is 6.61 Å². The summed E-state index contributed by atoms with van der Waals surface area (Å²) in [5, 5.41) is 18.6. The molecule has 0 unspecified atom stereocenters. The maximum atomic E-state index is 11.7. The third kappa shape index (κ3) is 2.23. The number of hydrogen-bond acceptors (Lipinski definition) is 5. The van der Waals surface area contributed by atoms with Gasteiger partial charge in [0.25, 0.3) is 5.56 Å². The number of aliphatic hydroxyl groups excluding tert-OH is 2. The number of aromatic amines is 1. The Morgan fingerprint density at radius 1 is 1.58 bits per heavy atom. The number of rotatable bonds is 3. The Morgan fingerprint density at radius 3 is 2.74 bits per heavy atom. The molecule has 7 nitrogen and oxygen atoms in total. The molecule has 0 aromatic carbocycles. The molecule has 1 saturated heterocycles. The van der Waals surface area contributed by atoms with E-state index in [1.807, 2.05) is 0 Å². The molecule has 106 valence electrons. The van der Waals surface area contributed by atoms with Crippen molar-refractivity contribution < 1.29 is 14.9 Å². The van der Waals surface area contributed by atoms with Crippen molar-refractivity contribution in [3.05, 3.63) is 33.1 Å². The van der Waals surface area contributed by atoms with E-state index in [0.717, 1.165) is 10.6 Å². The Morgan fingerprint density at radius 2 is 2.26 bits per heavy atom. The van der Waals surface area contributed by atoms with Gasteiger partial charge in [-0.05, 0) is 6.42 Å². The highest BCUT2D eigenvalue weighted by atomic mass is 35.5. The number of aliphatic hydroxyl groups is 2. The maximum absolute atomic E-state index is 11.7. The van der Waals surface area contributed by atoms with Gasteiger partial charge >= 0.3 is 5.69 Å². The number of aromatic nitrogens is 2. The molecule has 3 N–H and O–H groups in total. The summed E-state index contributed by atoms with van der Waals surface area (Å²) >= 11 is 6.08. The molecule has 0 bridgehead atoms. The lowest BCUT2D eigenvalue weighted by atomic mass is 9.94. The van der Waals surface area contributed by atoms with Crippen LogP contribution in [0.25, 0.3) is 0 Å². The molecule has 1 fully saturated rings. The van der Waals surface area contributed by atoms with Crippen LogP contribution in [0.15, 0.2) is 21.9 Å². The van der Waals surface area contributed by atoms with Gasteiger partial charge in [0, 0.05) is 12.3 Å². The van der Waals surface area contributed by atoms with Gasteiger partial charge in [-0.2, -0.15) is 0 Å². The standard InChI is InChI=1S/C11H15ClN2O5/c1-2-11(5-15)8(17)7(12)9(19-11)14-4-3-6(16)13-10(14)18/h3-4,7-9,15,17H,2,5H2,1H3,(H,13,16,18)/t7-,8-,9+,11+/m0/s1. The molecule has 1 aromatic heterocycles. The van der Waals surface area contributed by atoms with Gasteiger partial charge in [0.1, 0.15) is 17.1 Å². The molecule has 8 heteroatoms. The Balaban J connectivity index is 2.42. The van der Waals surface area contributed by atoms with E-state index in [0.29, 0.717) is 6.42 Å². The minimum atomic E-state index is -1.20. The second-order valence-corrected chi connectivity index (χ2v) is 5.00. The zero-order valence-electron chi connectivity index (χ0n) is 10.2. The summed E-state index contributed by atoms with van der Waals surface area (Å²) in [5.74, 6) is 0. The lowest BCUT2D eigenvalue weighted by molar-refractivity contribution is -0.130. The molecular formula is C11H15ClN2O5. The molecule has 0 spiro atoms. The first-order chi connectivity index (χ1) is 8.95. The number of hydrogen-bond donors (Lipinski definition) is 3. The van der Waals surface area contributed by atoms with Gasteiger partial charge in [-0.15, -0.1) is 11.6 Å². The van der Waals surface area contributed by atoms with Crippen LogP contribution in [0.1, 0.15) is 19.6 Å². The van der Waals surface area contributed by atoms with Gasteiger partial charge in [-0.1, -0.05) is 6.92 Å². The summed E-state index contributed by atoms with van der Waals surface area (Å²) in [6.45, 7) is 1.32. The number of nitrogens with one attached hydrogen (secondary N) is 1. The smallest absolute Gasteiger partial charge is 0.330 e. The molecule has 1 aliphatic rings. The molecule has 19 heavy (non-hydrogen) atoms. The molecule has 0 radical (unpaired) electrons. The van der Waals surface area contributed by atoms with Crippen LogP contribution in [0.3, 0.4) is 0 Å². The minimum absolute atomic E-state index is 0.336. The Bertz CT molecular complexity index is 565. The average Bonchev–Trinajstić information content (AvgIpc) is 2.64. The highest BCUT2D eigenvalue weighted by molar-refractivity contribution is 6.21. The highest BCUT2D eigenvalue weighted by Gasteiger charge is 2.53. The van der Waals surface area contributed by atoms with Crippen molar-refractivity contribution in [2.24, 2.45) is 0 Å². The van der Waals surface area contributed by atoms with Crippen LogP contribution < -0.4 is 11.2 Å². The lowest BCUT2D eigenvalue weighted by Gasteiger charge is -2.28. The number of alkyl halides is 1. The zero-order chi connectivity index (χ0) is 14.2. The zero-order valence-corrected chi connectivity index (χ0v) is 11.0. The average molecular weight is 291 g/mol. The summed E-state index contributed by atoms with van der Waals surface area (Å²) in [5.41, 5.74) is -2.41. The van der Waals surface area contributed by atoms with Crippen LogP contribution in [0.4, 0.5) is 0 Å². The van der Waals surface area contributed by atoms with Crippen LogP contribution in [0, 0.1) is 0 Å². The van der Waals surface area contributed by atoms with E-state index in [1.54, 1.807) is 6.92 Å². The van der Waals surface area contributed by atoms with Crippen LogP contribution in [-0.2, 0) is 4.74 Å². The molecule has 2 heterocycles. The van der Waals surface area contributed by atoms with Crippen LogP contribution in [0.5, 0.6) is 0 Å². The third-order valence-corrected chi connectivity index (χ3v) is 3.91. The maximum Gasteiger partial charge on any atom is 0.330 e. The van der Waals surface area contributed by atoms with Crippen LogP contribution >= 0.6 is 11.6 Å². The lowest BCUT2D eigenvalue weighted by Crippen LogP contribution is -2.44. The van der Waals surface area contributed by atoms with Crippen molar-refractivity contribution in [1.82, 2.24) is 9.55 Å². The van der Waals surface area contributed by atoms with Gasteiger partial charge in [-0.25, -0.2) is 4.79 Å². The second kappa shape index (κ2) is 5.09. The van der Waals surface area contributed by atoms with Crippen molar-refractivity contribution in [2.75, 3.05) is 6.61 Å². The van der Waals surface area contributed by atoms with Gasteiger partial charge in [-0.3, -0.25) is 14.3 Å². The number of halogens is 1. The molecule has 2 rings (SSSR count). The second-order valence-electron chi connectivity index (χ2n) is 4.49. The monoisotopic (exact) mass is 290 g/mol. The first-order valence-corrected chi connectivity index (χ1v) is 6.31. The molecule has 1 aromatic rings. The SMILES string of the molecule is CC[C@]1(CO)O[C@@H](n2ccc(=O)[nH]c2=O)[C@@H](Cl)[C@@H]1O. The van der Waals surface area contributed by atoms with Gasteiger partial charge < -0.3 is 14.9 Å². The predicted octanol–water partition coefficient (Wildman–Crippen LogP) is -0.825. The van der Waals surface area contributed by atoms with Crippen molar-refractivity contribution >= 4 is 11.6 Å². The van der Waals surface area contributed by atoms with E-state index >= 15 is 0 Å². The van der Waals surface area contributed by atoms with Crippen molar-refractivity contribution in [3.63, 3.8) is 0 Å². The van der Waals surface area contributed by atoms with Gasteiger partial charge in [0.2, 0.25) is 0 Å². The molecule has 0 aliphatic carbocycles. The summed E-state index contributed by atoms with van der Waals surface area (Å²) in [6, 6.07) is 1.16. The Labute approximate surface area is 113 Å². The van der Waals surface area contributed by atoms with Crippen LogP contribution in [-0.4, -0.2) is 43.5 Å². The van der Waals surface area contributed by atoms with Crippen LogP contribution in [0.2, 0.25) is 0 Å². The van der Waals surface area contributed by atoms with E-state index in [2.05, 4.69) is 4.98 Å². The molecular weight excluding hydrogens is 276 g/mol. The fraction of sp³-hybridized carbons (Fsp3) is 0.636. The van der Waals surface area contributed by atoms with Crippen molar-refractivity contribution in [1.29, 1.82) is 0 Å². The topological polar surface area (TPSA) is 105 Å². The normalized spacial score (nSPS) is 34.6. The van der Waals surface area contributed by atoms with E-state index < -0.39 is 41.2 Å². The Kier molecular flexibility index (Phi) is 3.82. The minimum Gasteiger partial charge on any atom is -0.393 e. The number of H-pyrrole nitrogens is 1. The molecule has 0 saturated carbocycles. The van der Waals surface area contributed by atoms with Crippen molar-refractivity contribution in [3.8, 4) is 0 Å². The summed E-state index contributed by atoms with van der Waals surface area (Å²) < 4.78 is 6.68. The number of nitrogens with zero attached hydrogens (tertiary/aromatic N) is 1. The van der Waals surface area contributed by atoms with Gasteiger partial charge in [0.15, 0.2) is 6.23 Å². The van der Waals surface area contributed by atoms with E-state index in [9.17, 15) is 19.8 Å². The fourth-order valence-electron chi connectivity index (χ4n) is 2.19. The fourth-order valence-corrected chi connectivity index (χ4v) is 2.60. The first-order valence-electron chi connectivity index (χ1n) is 5.87. The summed E-state index contributed by atoms with van der Waals surface area (Å²) in [7, 11) is 0. The Hall–Kier alpha value is -1.15. The summed E-state index contributed by atoms with van der Waals surface area (Å²) in [4.78, 5) is 24.8. The van der Waals surface area contributed by atoms with E-state index in [4.69, 9.17) is 16.3 Å². The summed E-state index contributed by atoms with van der Waals surface area (Å²) in [6.07, 6.45) is -0.486. The molecule has 1 aliphatic heterocycles. The van der Waals surface area contributed by atoms with E-state index in [1.165, 1.54) is 6.20 Å². The predicted molar refractivity (Wildman–Crippen MR) is 67.2 cm³/mol. The molecule has 4 atom stereocenters. The van der Waals surface area contributed by atoms with Crippen molar-refractivity contribution in [2.45, 2.75) is 36.7 Å². The highest BCUT2D eigenvalue weighted by Crippen LogP contribution is 2.41. The number of ether oxygens (including phenoxy) is 1. The largest absolute Gasteiger partial charge is 0.393 e. The molecule has 0 amide bonds. The quantitative estimate of drug-likeness (QED) is 0.631. The first kappa shape index (κ1) is 14.3. The third-order valence-electron chi connectivity index (χ3n) is 3.46. The van der Waals surface area contributed by atoms with E-state index in [-0.39, 0.29) is 0 Å².